The molecule has 1 fully saturated rings. The van der Waals surface area contributed by atoms with E-state index in [1.54, 1.807) is 24.3 Å². The highest BCUT2D eigenvalue weighted by molar-refractivity contribution is 6.31. The quantitative estimate of drug-likeness (QED) is 0.855. The van der Waals surface area contributed by atoms with Crippen molar-refractivity contribution >= 4 is 34.6 Å². The summed E-state index contributed by atoms with van der Waals surface area (Å²) in [6, 6.07) is 14.6. The summed E-state index contributed by atoms with van der Waals surface area (Å²) in [5.41, 5.74) is 3.05. The van der Waals surface area contributed by atoms with Crippen molar-refractivity contribution in [3.05, 3.63) is 53.1 Å². The van der Waals surface area contributed by atoms with Crippen LogP contribution in [0.15, 0.2) is 42.5 Å². The summed E-state index contributed by atoms with van der Waals surface area (Å²) in [6.07, 6.45) is 2.36. The van der Waals surface area contributed by atoms with E-state index in [1.807, 2.05) is 18.2 Å². The Bertz CT molecular complexity index is 809. The van der Waals surface area contributed by atoms with Crippen LogP contribution >= 0.6 is 11.6 Å². The Morgan fingerprint density at radius 1 is 1.20 bits per heavy atom. The number of nitriles is 1. The molecule has 0 radical (unpaired) electrons. The van der Waals surface area contributed by atoms with Gasteiger partial charge in [0, 0.05) is 23.8 Å². The number of anilines is 3. The topological polar surface area (TPSA) is 68.2 Å². The number of nitrogens with zero attached hydrogens (tertiary/aromatic N) is 2. The van der Waals surface area contributed by atoms with E-state index < -0.39 is 0 Å². The van der Waals surface area contributed by atoms with Gasteiger partial charge in [0.2, 0.25) is 5.91 Å². The highest BCUT2D eigenvalue weighted by atomic mass is 35.5. The van der Waals surface area contributed by atoms with E-state index in [-0.39, 0.29) is 12.5 Å². The number of hydrogen-bond donors (Lipinski definition) is 2. The number of carbonyl (C=O) groups excluding carboxylic acids is 1. The Morgan fingerprint density at radius 3 is 2.76 bits per heavy atom. The molecular weight excluding hydrogens is 336 g/mol. The van der Waals surface area contributed by atoms with Crippen LogP contribution in [0.25, 0.3) is 0 Å². The summed E-state index contributed by atoms with van der Waals surface area (Å²) in [6.45, 7) is 2.16. The molecule has 1 heterocycles. The van der Waals surface area contributed by atoms with Crippen molar-refractivity contribution in [3.8, 4) is 6.07 Å². The van der Waals surface area contributed by atoms with Crippen molar-refractivity contribution in [2.24, 2.45) is 0 Å². The number of rotatable bonds is 5. The third-order valence-corrected chi connectivity index (χ3v) is 4.36. The van der Waals surface area contributed by atoms with E-state index >= 15 is 0 Å². The zero-order valence-corrected chi connectivity index (χ0v) is 14.5. The Morgan fingerprint density at radius 2 is 2.00 bits per heavy atom. The third kappa shape index (κ3) is 4.43. The van der Waals surface area contributed by atoms with Crippen LogP contribution in [-0.2, 0) is 4.79 Å². The van der Waals surface area contributed by atoms with Crippen LogP contribution in [0.5, 0.6) is 0 Å². The van der Waals surface area contributed by atoms with E-state index in [4.69, 9.17) is 16.9 Å². The number of nitrogens with one attached hydrogen (secondary N) is 2. The van der Waals surface area contributed by atoms with E-state index in [9.17, 15) is 4.79 Å². The van der Waals surface area contributed by atoms with E-state index in [1.165, 1.54) is 12.8 Å². The molecule has 2 aromatic rings. The highest BCUT2D eigenvalue weighted by Crippen LogP contribution is 2.31. The minimum Gasteiger partial charge on any atom is -0.374 e. The predicted octanol–water partition coefficient (Wildman–Crippen LogP) is 3.86. The first-order valence-electron chi connectivity index (χ1n) is 8.24. The number of carbonyl (C=O) groups is 1. The second-order valence-corrected chi connectivity index (χ2v) is 6.39. The molecule has 3 rings (SSSR count). The average molecular weight is 355 g/mol. The number of amides is 1. The maximum absolute atomic E-state index is 12.2. The molecule has 6 heteroatoms. The molecule has 2 N–H and O–H groups in total. The van der Waals surface area contributed by atoms with Gasteiger partial charge in [0.05, 0.1) is 29.6 Å². The highest BCUT2D eigenvalue weighted by Gasteiger charge is 2.16. The van der Waals surface area contributed by atoms with Gasteiger partial charge in [-0.05, 0) is 49.2 Å². The molecule has 128 valence electrons. The predicted molar refractivity (Wildman–Crippen MR) is 101 cm³/mol. The molecule has 0 spiro atoms. The van der Waals surface area contributed by atoms with Gasteiger partial charge in [-0.15, -0.1) is 0 Å². The summed E-state index contributed by atoms with van der Waals surface area (Å²) in [5.74, 6) is -0.178. The molecular formula is C19H19ClN4O. The van der Waals surface area contributed by atoms with Crippen LogP contribution in [0.4, 0.5) is 17.1 Å². The summed E-state index contributed by atoms with van der Waals surface area (Å²) in [4.78, 5) is 14.5. The molecule has 1 amide bonds. The Labute approximate surface area is 152 Å². The van der Waals surface area contributed by atoms with E-state index in [0.717, 1.165) is 24.5 Å². The fourth-order valence-electron chi connectivity index (χ4n) is 2.93. The third-order valence-electron chi connectivity index (χ3n) is 4.12. The summed E-state index contributed by atoms with van der Waals surface area (Å²) in [5, 5.41) is 15.5. The SMILES string of the molecule is N#Cc1cccc(NC(=O)CNc2cc(Cl)ccc2N2CCCC2)c1. The smallest absolute Gasteiger partial charge is 0.243 e. The van der Waals surface area contributed by atoms with Gasteiger partial charge in [-0.1, -0.05) is 17.7 Å². The number of hydrogen-bond acceptors (Lipinski definition) is 4. The lowest BCUT2D eigenvalue weighted by Gasteiger charge is -2.22. The minimum atomic E-state index is -0.178. The fourth-order valence-corrected chi connectivity index (χ4v) is 3.10. The van der Waals surface area contributed by atoms with E-state index in [2.05, 4.69) is 21.6 Å². The maximum atomic E-state index is 12.2. The van der Waals surface area contributed by atoms with Gasteiger partial charge < -0.3 is 15.5 Å². The number of halogens is 1. The van der Waals surface area contributed by atoms with Crippen molar-refractivity contribution in [1.29, 1.82) is 5.26 Å². The average Bonchev–Trinajstić information content (AvgIpc) is 3.14. The van der Waals surface area contributed by atoms with Crippen molar-refractivity contribution in [2.75, 3.05) is 35.2 Å². The Kier molecular flexibility index (Phi) is 5.42. The van der Waals surface area contributed by atoms with Crippen molar-refractivity contribution in [2.45, 2.75) is 12.8 Å². The van der Waals surface area contributed by atoms with Crippen LogP contribution in [0.1, 0.15) is 18.4 Å². The number of benzene rings is 2. The molecule has 0 saturated carbocycles. The standard InChI is InChI=1S/C19H19ClN4O/c20-15-6-7-18(24-8-1-2-9-24)17(11-15)22-13-19(25)23-16-5-3-4-14(10-16)12-21/h3-7,10-11,22H,1-2,8-9,13H2,(H,23,25). The van der Waals surface area contributed by atoms with Gasteiger partial charge in [0.1, 0.15) is 0 Å². The molecule has 1 aliphatic heterocycles. The molecule has 1 aliphatic rings. The van der Waals surface area contributed by atoms with Crippen LogP contribution in [0, 0.1) is 11.3 Å². The first-order chi connectivity index (χ1) is 12.2. The maximum Gasteiger partial charge on any atom is 0.243 e. The van der Waals surface area contributed by atoms with Crippen LogP contribution < -0.4 is 15.5 Å². The van der Waals surface area contributed by atoms with Crippen molar-refractivity contribution < 1.29 is 4.79 Å². The second kappa shape index (κ2) is 7.91. The second-order valence-electron chi connectivity index (χ2n) is 5.95. The largest absolute Gasteiger partial charge is 0.374 e. The molecule has 0 unspecified atom stereocenters. The zero-order chi connectivity index (χ0) is 17.6. The van der Waals surface area contributed by atoms with Gasteiger partial charge in [0.15, 0.2) is 0 Å². The molecule has 0 aromatic heterocycles. The van der Waals surface area contributed by atoms with Crippen LogP contribution in [0.2, 0.25) is 5.02 Å². The first-order valence-corrected chi connectivity index (χ1v) is 8.62. The van der Waals surface area contributed by atoms with Gasteiger partial charge in [-0.3, -0.25) is 4.79 Å². The lowest BCUT2D eigenvalue weighted by atomic mass is 10.2. The van der Waals surface area contributed by atoms with Gasteiger partial charge in [-0.25, -0.2) is 0 Å². The monoisotopic (exact) mass is 354 g/mol. The van der Waals surface area contributed by atoms with E-state index in [0.29, 0.717) is 16.3 Å². The summed E-state index contributed by atoms with van der Waals surface area (Å²) >= 11 is 6.11. The van der Waals surface area contributed by atoms with Crippen LogP contribution in [0.3, 0.4) is 0 Å². The normalized spacial score (nSPS) is 13.4. The lowest BCUT2D eigenvalue weighted by molar-refractivity contribution is -0.114. The fraction of sp³-hybridized carbons (Fsp3) is 0.263. The molecule has 0 atom stereocenters. The van der Waals surface area contributed by atoms with Gasteiger partial charge in [0.25, 0.3) is 0 Å². The van der Waals surface area contributed by atoms with Crippen molar-refractivity contribution in [3.63, 3.8) is 0 Å². The van der Waals surface area contributed by atoms with Crippen molar-refractivity contribution in [1.82, 2.24) is 0 Å². The molecule has 0 bridgehead atoms. The van der Waals surface area contributed by atoms with Crippen LogP contribution in [-0.4, -0.2) is 25.5 Å². The molecule has 0 aliphatic carbocycles. The summed E-state index contributed by atoms with van der Waals surface area (Å²) < 4.78 is 0. The van der Waals surface area contributed by atoms with Gasteiger partial charge in [-0.2, -0.15) is 5.26 Å². The lowest BCUT2D eigenvalue weighted by Crippen LogP contribution is -2.24. The first kappa shape index (κ1) is 17.1. The Hall–Kier alpha value is -2.71. The molecule has 5 nitrogen and oxygen atoms in total. The van der Waals surface area contributed by atoms with Gasteiger partial charge >= 0.3 is 0 Å². The Balaban J connectivity index is 1.65. The summed E-state index contributed by atoms with van der Waals surface area (Å²) in [7, 11) is 0. The minimum absolute atomic E-state index is 0.123. The molecule has 1 saturated heterocycles. The molecule has 25 heavy (non-hydrogen) atoms. The molecule has 2 aromatic carbocycles. The zero-order valence-electron chi connectivity index (χ0n) is 13.8.